The molecule has 7 nitrogen and oxygen atoms in total. The van der Waals surface area contributed by atoms with Crippen molar-refractivity contribution in [3.8, 4) is 11.8 Å². The third kappa shape index (κ3) is 4.38. The van der Waals surface area contributed by atoms with Crippen LogP contribution >= 0.6 is 0 Å². The first-order valence-electron chi connectivity index (χ1n) is 11.7. The van der Waals surface area contributed by atoms with Crippen LogP contribution in [0.3, 0.4) is 0 Å². The van der Waals surface area contributed by atoms with Gasteiger partial charge in [-0.25, -0.2) is 0 Å². The van der Waals surface area contributed by atoms with Gasteiger partial charge in [-0.3, -0.25) is 14.5 Å². The number of hydrogen-bond acceptors (Lipinski definition) is 6. The molecule has 1 saturated heterocycles. The monoisotopic (exact) mass is 484 g/mol. The number of aryl methyl sites for hydroxylation is 1. The molecule has 36 heavy (non-hydrogen) atoms. The zero-order chi connectivity index (χ0) is 26.2. The molecule has 2 heterocycles. The second kappa shape index (κ2) is 9.38. The smallest absolute Gasteiger partial charge is 0.300 e. The van der Waals surface area contributed by atoms with Gasteiger partial charge >= 0.3 is 0 Å². The Kier molecular flexibility index (Phi) is 6.47. The minimum absolute atomic E-state index is 0.0669. The van der Waals surface area contributed by atoms with Gasteiger partial charge in [-0.1, -0.05) is 20.8 Å². The summed E-state index contributed by atoms with van der Waals surface area (Å²) in [6, 6.07) is 16.1. The minimum atomic E-state index is -0.976. The van der Waals surface area contributed by atoms with Gasteiger partial charge in [-0.05, 0) is 73.9 Å². The predicted molar refractivity (Wildman–Crippen MR) is 136 cm³/mol. The van der Waals surface area contributed by atoms with Crippen LogP contribution < -0.4 is 9.64 Å². The van der Waals surface area contributed by atoms with E-state index in [9.17, 15) is 14.7 Å². The number of nitrogens with zero attached hydrogens (tertiary/aromatic N) is 2. The van der Waals surface area contributed by atoms with Crippen molar-refractivity contribution in [1.29, 1.82) is 5.26 Å². The summed E-state index contributed by atoms with van der Waals surface area (Å²) in [6.07, 6.45) is 0. The number of hydrogen-bond donors (Lipinski definition) is 1. The summed E-state index contributed by atoms with van der Waals surface area (Å²) in [5.41, 5.74) is 1.73. The number of amides is 1. The summed E-state index contributed by atoms with van der Waals surface area (Å²) in [7, 11) is 0. The Labute approximate surface area is 210 Å². The minimum Gasteiger partial charge on any atom is -0.507 e. The number of furan rings is 1. The maximum atomic E-state index is 13.3. The highest BCUT2D eigenvalue weighted by atomic mass is 16.5. The van der Waals surface area contributed by atoms with Crippen LogP contribution in [0.2, 0.25) is 0 Å². The molecule has 3 aromatic rings. The summed E-state index contributed by atoms with van der Waals surface area (Å²) >= 11 is 0. The molecule has 4 rings (SSSR count). The van der Waals surface area contributed by atoms with Gasteiger partial charge in [0.1, 0.15) is 29.1 Å². The van der Waals surface area contributed by atoms with E-state index in [-0.39, 0.29) is 16.7 Å². The van der Waals surface area contributed by atoms with Gasteiger partial charge in [0, 0.05) is 16.8 Å². The molecular weight excluding hydrogens is 456 g/mol. The van der Waals surface area contributed by atoms with Gasteiger partial charge in [0.15, 0.2) is 0 Å². The number of anilines is 1. The standard InChI is InChI=1S/C29H28N2O5/c1-6-35-22-14-10-19(15-21(22)29(3,4)5)26(32)24-25(23-13-7-17(2)36-23)31(28(34)27(24)33)20-11-8-18(16-30)9-12-20/h7-15,25,32H,6H2,1-5H3/b26-24-. The number of carbonyl (C=O) groups excluding carboxylic acids is 2. The van der Waals surface area contributed by atoms with Crippen LogP contribution in [0, 0.1) is 18.3 Å². The van der Waals surface area contributed by atoms with E-state index < -0.39 is 17.7 Å². The average molecular weight is 485 g/mol. The Morgan fingerprint density at radius 3 is 2.36 bits per heavy atom. The van der Waals surface area contributed by atoms with Gasteiger partial charge in [-0.2, -0.15) is 5.26 Å². The molecule has 1 unspecified atom stereocenters. The molecule has 0 radical (unpaired) electrons. The fourth-order valence-electron chi connectivity index (χ4n) is 4.37. The number of aliphatic hydroxyl groups is 1. The van der Waals surface area contributed by atoms with E-state index in [1.54, 1.807) is 61.5 Å². The largest absolute Gasteiger partial charge is 0.507 e. The first-order chi connectivity index (χ1) is 17.1. The van der Waals surface area contributed by atoms with Crippen molar-refractivity contribution in [3.63, 3.8) is 0 Å². The van der Waals surface area contributed by atoms with Gasteiger partial charge < -0.3 is 14.3 Å². The molecule has 1 aliphatic heterocycles. The van der Waals surface area contributed by atoms with Crippen molar-refractivity contribution in [1.82, 2.24) is 0 Å². The van der Waals surface area contributed by atoms with E-state index in [1.165, 1.54) is 4.90 Å². The van der Waals surface area contributed by atoms with E-state index in [2.05, 4.69) is 0 Å². The lowest BCUT2D eigenvalue weighted by atomic mass is 9.84. The van der Waals surface area contributed by atoms with Crippen molar-refractivity contribution in [2.45, 2.75) is 46.1 Å². The number of ether oxygens (including phenoxy) is 1. The fourth-order valence-corrected chi connectivity index (χ4v) is 4.37. The Balaban J connectivity index is 1.92. The first-order valence-corrected chi connectivity index (χ1v) is 11.7. The third-order valence-electron chi connectivity index (χ3n) is 6.11. The number of Topliss-reactive ketones (excluding diaryl/α,β-unsaturated/α-hetero) is 1. The number of ketones is 1. The number of carbonyl (C=O) groups is 2. The highest BCUT2D eigenvalue weighted by Gasteiger charge is 2.48. The highest BCUT2D eigenvalue weighted by Crippen LogP contribution is 2.43. The van der Waals surface area contributed by atoms with Crippen molar-refractivity contribution in [2.24, 2.45) is 0 Å². The molecule has 184 valence electrons. The molecule has 1 atom stereocenters. The van der Waals surface area contributed by atoms with Gasteiger partial charge in [0.2, 0.25) is 0 Å². The first kappa shape index (κ1) is 24.8. The molecule has 1 aromatic heterocycles. The van der Waals surface area contributed by atoms with E-state index in [0.717, 1.165) is 5.56 Å². The summed E-state index contributed by atoms with van der Waals surface area (Å²) in [5.74, 6) is -0.259. The van der Waals surface area contributed by atoms with E-state index in [1.807, 2.05) is 33.8 Å². The second-order valence-corrected chi connectivity index (χ2v) is 9.67. The topological polar surface area (TPSA) is 104 Å². The normalized spacial score (nSPS) is 17.3. The Morgan fingerprint density at radius 1 is 1.11 bits per heavy atom. The third-order valence-corrected chi connectivity index (χ3v) is 6.11. The zero-order valence-corrected chi connectivity index (χ0v) is 21.0. The second-order valence-electron chi connectivity index (χ2n) is 9.67. The highest BCUT2D eigenvalue weighted by molar-refractivity contribution is 6.51. The van der Waals surface area contributed by atoms with Gasteiger partial charge in [-0.15, -0.1) is 0 Å². The van der Waals surface area contributed by atoms with Crippen LogP contribution in [0.25, 0.3) is 5.76 Å². The van der Waals surface area contributed by atoms with E-state index in [0.29, 0.717) is 40.7 Å². The molecule has 1 aliphatic rings. The fraction of sp³-hybridized carbons (Fsp3) is 0.276. The maximum Gasteiger partial charge on any atom is 0.300 e. The van der Waals surface area contributed by atoms with Crippen LogP contribution in [0.15, 0.2) is 64.6 Å². The lowest BCUT2D eigenvalue weighted by Crippen LogP contribution is -2.29. The molecule has 0 aliphatic carbocycles. The van der Waals surface area contributed by atoms with Crippen molar-refractivity contribution < 1.29 is 23.8 Å². The Morgan fingerprint density at radius 2 is 1.81 bits per heavy atom. The van der Waals surface area contributed by atoms with Crippen molar-refractivity contribution >= 4 is 23.1 Å². The van der Waals surface area contributed by atoms with Gasteiger partial charge in [0.05, 0.1) is 23.8 Å². The molecule has 0 spiro atoms. The van der Waals surface area contributed by atoms with Gasteiger partial charge in [0.25, 0.3) is 11.7 Å². The predicted octanol–water partition coefficient (Wildman–Crippen LogP) is 5.78. The Hall–Kier alpha value is -4.31. The molecule has 7 heteroatoms. The quantitative estimate of drug-likeness (QED) is 0.280. The summed E-state index contributed by atoms with van der Waals surface area (Å²) in [6.45, 7) is 10.2. The van der Waals surface area contributed by atoms with Crippen LogP contribution in [0.1, 0.15) is 61.9 Å². The van der Waals surface area contributed by atoms with Crippen LogP contribution in [-0.2, 0) is 15.0 Å². The summed E-state index contributed by atoms with van der Waals surface area (Å²) in [4.78, 5) is 27.9. The molecule has 1 N–H and O–H groups in total. The maximum absolute atomic E-state index is 13.3. The number of nitriles is 1. The zero-order valence-electron chi connectivity index (χ0n) is 21.0. The van der Waals surface area contributed by atoms with E-state index in [4.69, 9.17) is 14.4 Å². The van der Waals surface area contributed by atoms with Crippen LogP contribution in [-0.4, -0.2) is 23.4 Å². The number of rotatable bonds is 5. The molecule has 1 amide bonds. The SMILES string of the molecule is CCOc1ccc(/C(O)=C2/C(=O)C(=O)N(c3ccc(C#N)cc3)C2c2ccc(C)o2)cc1C(C)(C)C. The molecule has 0 saturated carbocycles. The van der Waals surface area contributed by atoms with Crippen LogP contribution in [0.5, 0.6) is 5.75 Å². The summed E-state index contributed by atoms with van der Waals surface area (Å²) in [5, 5.41) is 20.6. The van der Waals surface area contributed by atoms with E-state index >= 15 is 0 Å². The van der Waals surface area contributed by atoms with Crippen LogP contribution in [0.4, 0.5) is 5.69 Å². The van der Waals surface area contributed by atoms with Crippen molar-refractivity contribution in [3.05, 3.63) is 88.4 Å². The summed E-state index contributed by atoms with van der Waals surface area (Å²) < 4.78 is 11.6. The van der Waals surface area contributed by atoms with Crippen molar-refractivity contribution in [2.75, 3.05) is 11.5 Å². The molecule has 2 aromatic carbocycles. The molecule has 1 fully saturated rings. The lowest BCUT2D eigenvalue weighted by Gasteiger charge is -2.25. The number of benzene rings is 2. The molecular formula is C29H28N2O5. The number of aliphatic hydroxyl groups excluding tert-OH is 1. The molecule has 0 bridgehead atoms. The lowest BCUT2D eigenvalue weighted by molar-refractivity contribution is -0.132. The average Bonchev–Trinajstić information content (AvgIpc) is 3.39. The Bertz CT molecular complexity index is 1400.